The lowest BCUT2D eigenvalue weighted by Crippen LogP contribution is -2.38. The molecule has 1 fully saturated rings. The molecule has 1 aliphatic rings. The van der Waals surface area contributed by atoms with Gasteiger partial charge in [0.25, 0.3) is 0 Å². The van der Waals surface area contributed by atoms with E-state index in [0.29, 0.717) is 13.2 Å². The number of piperidine rings is 1. The molecule has 0 unspecified atom stereocenters. The summed E-state index contributed by atoms with van der Waals surface area (Å²) in [5.74, 6) is 0.815. The summed E-state index contributed by atoms with van der Waals surface area (Å²) >= 11 is 0. The lowest BCUT2D eigenvalue weighted by molar-refractivity contribution is 0.0617. The maximum absolute atomic E-state index is 10.2. The summed E-state index contributed by atoms with van der Waals surface area (Å²) in [6.07, 6.45) is 8.22. The van der Waals surface area contributed by atoms with Crippen LogP contribution in [0, 0.1) is 0 Å². The summed E-state index contributed by atoms with van der Waals surface area (Å²) in [5.41, 5.74) is 1.23. The van der Waals surface area contributed by atoms with Crippen molar-refractivity contribution in [2.75, 3.05) is 32.8 Å². The maximum atomic E-state index is 10.2. The van der Waals surface area contributed by atoms with Gasteiger partial charge in [0.1, 0.15) is 18.5 Å². The molecule has 0 saturated carbocycles. The van der Waals surface area contributed by atoms with E-state index in [1.165, 1.54) is 24.8 Å². The SMILES string of the molecule is O[C@H](COc1ccc(CNCCCn2cccn2)cc1)CN1CCCCC1. The summed E-state index contributed by atoms with van der Waals surface area (Å²) in [6, 6.07) is 10.1. The number of rotatable bonds is 11. The molecular formula is C21H32N4O2. The zero-order valence-electron chi connectivity index (χ0n) is 16.1. The molecule has 0 amide bonds. The van der Waals surface area contributed by atoms with Crippen molar-refractivity contribution in [3.05, 3.63) is 48.3 Å². The highest BCUT2D eigenvalue weighted by Gasteiger charge is 2.14. The van der Waals surface area contributed by atoms with Crippen molar-refractivity contribution in [2.24, 2.45) is 0 Å². The molecule has 1 atom stereocenters. The first kappa shape index (κ1) is 19.9. The van der Waals surface area contributed by atoms with E-state index in [0.717, 1.165) is 44.9 Å². The van der Waals surface area contributed by atoms with Crippen molar-refractivity contribution >= 4 is 0 Å². The van der Waals surface area contributed by atoms with Crippen molar-refractivity contribution in [3.63, 3.8) is 0 Å². The number of ether oxygens (including phenoxy) is 1. The molecule has 0 radical (unpaired) electrons. The Morgan fingerprint density at radius 1 is 1.15 bits per heavy atom. The standard InChI is InChI=1S/C21H32N4O2/c26-20(17-24-12-2-1-3-13-24)18-27-21-8-6-19(7-9-21)16-22-10-4-14-25-15-5-11-23-25/h5-9,11,15,20,22,26H,1-4,10,12-14,16-18H2/t20-/m0/s1. The molecule has 0 spiro atoms. The smallest absolute Gasteiger partial charge is 0.119 e. The number of likely N-dealkylation sites (tertiary alicyclic amines) is 1. The maximum Gasteiger partial charge on any atom is 0.119 e. The minimum atomic E-state index is -0.431. The van der Waals surface area contributed by atoms with Crippen LogP contribution in [-0.2, 0) is 13.1 Å². The van der Waals surface area contributed by atoms with Gasteiger partial charge >= 0.3 is 0 Å². The number of hydrogen-bond acceptors (Lipinski definition) is 5. The second-order valence-electron chi connectivity index (χ2n) is 7.27. The van der Waals surface area contributed by atoms with Crippen molar-refractivity contribution in [3.8, 4) is 5.75 Å². The van der Waals surface area contributed by atoms with E-state index >= 15 is 0 Å². The number of aliphatic hydroxyl groups excluding tert-OH is 1. The molecule has 6 nitrogen and oxygen atoms in total. The predicted octanol–water partition coefficient (Wildman–Crippen LogP) is 2.29. The first-order valence-electron chi connectivity index (χ1n) is 10.1. The Morgan fingerprint density at radius 3 is 2.70 bits per heavy atom. The fraction of sp³-hybridized carbons (Fsp3) is 0.571. The summed E-state index contributed by atoms with van der Waals surface area (Å²) < 4.78 is 7.69. The van der Waals surface area contributed by atoms with Gasteiger partial charge in [0.2, 0.25) is 0 Å². The minimum absolute atomic E-state index is 0.349. The molecule has 0 bridgehead atoms. The molecule has 0 aliphatic carbocycles. The topological polar surface area (TPSA) is 62.6 Å². The summed E-state index contributed by atoms with van der Waals surface area (Å²) in [7, 11) is 0. The first-order chi connectivity index (χ1) is 13.3. The monoisotopic (exact) mass is 372 g/mol. The Bertz CT molecular complexity index is 624. The highest BCUT2D eigenvalue weighted by atomic mass is 16.5. The number of nitrogens with zero attached hydrogens (tertiary/aromatic N) is 3. The van der Waals surface area contributed by atoms with Crippen LogP contribution < -0.4 is 10.1 Å². The molecule has 2 heterocycles. The van der Waals surface area contributed by atoms with E-state index < -0.39 is 6.10 Å². The largest absolute Gasteiger partial charge is 0.491 e. The highest BCUT2D eigenvalue weighted by Crippen LogP contribution is 2.13. The van der Waals surface area contributed by atoms with Gasteiger partial charge in [-0.15, -0.1) is 0 Å². The van der Waals surface area contributed by atoms with Crippen LogP contribution in [0.5, 0.6) is 5.75 Å². The molecule has 1 saturated heterocycles. The predicted molar refractivity (Wildman–Crippen MR) is 107 cm³/mol. The van der Waals surface area contributed by atoms with Crippen LogP contribution in [0.25, 0.3) is 0 Å². The van der Waals surface area contributed by atoms with Gasteiger partial charge in [-0.3, -0.25) is 4.68 Å². The normalized spacial score (nSPS) is 16.3. The average molecular weight is 373 g/mol. The van der Waals surface area contributed by atoms with Crippen LogP contribution >= 0.6 is 0 Å². The van der Waals surface area contributed by atoms with Crippen molar-refractivity contribution in [1.29, 1.82) is 0 Å². The van der Waals surface area contributed by atoms with Crippen molar-refractivity contribution < 1.29 is 9.84 Å². The lowest BCUT2D eigenvalue weighted by Gasteiger charge is -2.28. The Kier molecular flexibility index (Phi) is 8.14. The van der Waals surface area contributed by atoms with E-state index in [4.69, 9.17) is 4.74 Å². The Morgan fingerprint density at radius 2 is 1.96 bits per heavy atom. The highest BCUT2D eigenvalue weighted by molar-refractivity contribution is 5.27. The van der Waals surface area contributed by atoms with E-state index in [2.05, 4.69) is 27.4 Å². The van der Waals surface area contributed by atoms with Crippen LogP contribution in [0.3, 0.4) is 0 Å². The van der Waals surface area contributed by atoms with Crippen molar-refractivity contribution in [2.45, 2.75) is 44.9 Å². The number of aryl methyl sites for hydroxylation is 1. The number of aromatic nitrogens is 2. The summed E-state index contributed by atoms with van der Waals surface area (Å²) in [5, 5.41) is 17.8. The van der Waals surface area contributed by atoms with Crippen LogP contribution in [-0.4, -0.2) is 58.7 Å². The third kappa shape index (κ3) is 7.33. The third-order valence-corrected chi connectivity index (χ3v) is 4.91. The fourth-order valence-corrected chi connectivity index (χ4v) is 3.42. The van der Waals surface area contributed by atoms with Gasteiger partial charge in [-0.2, -0.15) is 5.10 Å². The molecule has 6 heteroatoms. The van der Waals surface area contributed by atoms with E-state index in [9.17, 15) is 5.11 Å². The third-order valence-electron chi connectivity index (χ3n) is 4.91. The van der Waals surface area contributed by atoms with E-state index in [1.807, 2.05) is 35.3 Å². The number of hydrogen-bond donors (Lipinski definition) is 2. The quantitative estimate of drug-likeness (QED) is 0.593. The van der Waals surface area contributed by atoms with Crippen LogP contribution in [0.1, 0.15) is 31.2 Å². The van der Waals surface area contributed by atoms with E-state index in [-0.39, 0.29) is 0 Å². The molecular weight excluding hydrogens is 340 g/mol. The molecule has 148 valence electrons. The van der Waals surface area contributed by atoms with Crippen LogP contribution in [0.4, 0.5) is 0 Å². The Labute approximate surface area is 162 Å². The summed E-state index contributed by atoms with van der Waals surface area (Å²) in [6.45, 7) is 5.99. The van der Waals surface area contributed by atoms with Crippen molar-refractivity contribution in [1.82, 2.24) is 20.0 Å². The van der Waals surface area contributed by atoms with Gasteiger partial charge < -0.3 is 20.1 Å². The second-order valence-corrected chi connectivity index (χ2v) is 7.27. The number of aliphatic hydroxyl groups is 1. The average Bonchev–Trinajstić information content (AvgIpc) is 3.21. The summed E-state index contributed by atoms with van der Waals surface area (Å²) in [4.78, 5) is 2.33. The Balaban J connectivity index is 1.28. The minimum Gasteiger partial charge on any atom is -0.491 e. The van der Waals surface area contributed by atoms with Gasteiger partial charge in [0.05, 0.1) is 0 Å². The second kappa shape index (κ2) is 11.1. The van der Waals surface area contributed by atoms with Gasteiger partial charge in [-0.1, -0.05) is 18.6 Å². The number of benzene rings is 1. The first-order valence-corrected chi connectivity index (χ1v) is 10.1. The van der Waals surface area contributed by atoms with Crippen LogP contribution in [0.2, 0.25) is 0 Å². The molecule has 27 heavy (non-hydrogen) atoms. The molecule has 3 rings (SSSR count). The lowest BCUT2D eigenvalue weighted by atomic mass is 10.1. The number of β-amino-alcohol motifs (C(OH)–C–C–N with tert-alkyl or cyclic N) is 1. The molecule has 2 aromatic rings. The van der Waals surface area contributed by atoms with Gasteiger partial charge in [-0.05, 0) is 62.7 Å². The van der Waals surface area contributed by atoms with E-state index in [1.54, 1.807) is 0 Å². The zero-order valence-corrected chi connectivity index (χ0v) is 16.1. The number of nitrogens with one attached hydrogen (secondary N) is 1. The van der Waals surface area contributed by atoms with Crippen LogP contribution in [0.15, 0.2) is 42.7 Å². The molecule has 1 aromatic carbocycles. The Hall–Kier alpha value is -1.89. The van der Waals surface area contributed by atoms with Gasteiger partial charge in [-0.25, -0.2) is 0 Å². The fourth-order valence-electron chi connectivity index (χ4n) is 3.42. The zero-order chi connectivity index (χ0) is 18.7. The molecule has 1 aromatic heterocycles. The molecule has 2 N–H and O–H groups in total. The van der Waals surface area contributed by atoms with Gasteiger partial charge in [0.15, 0.2) is 0 Å². The molecule has 1 aliphatic heterocycles. The van der Waals surface area contributed by atoms with Gasteiger partial charge in [0, 0.05) is 32.0 Å².